The van der Waals surface area contributed by atoms with E-state index in [1.165, 1.54) is 10.1 Å². The van der Waals surface area contributed by atoms with Crippen molar-refractivity contribution in [1.29, 1.82) is 0 Å². The van der Waals surface area contributed by atoms with Crippen LogP contribution in [0.1, 0.15) is 16.5 Å². The van der Waals surface area contributed by atoms with Crippen molar-refractivity contribution < 1.29 is 4.74 Å². The molecule has 5 heteroatoms. The number of fused-ring (bicyclic) bond motifs is 1. The van der Waals surface area contributed by atoms with Crippen molar-refractivity contribution in [1.82, 2.24) is 0 Å². The van der Waals surface area contributed by atoms with Crippen molar-refractivity contribution in [3.8, 4) is 5.75 Å². The van der Waals surface area contributed by atoms with Gasteiger partial charge in [0.2, 0.25) is 0 Å². The van der Waals surface area contributed by atoms with E-state index < -0.39 is 0 Å². The first kappa shape index (κ1) is 15.3. The normalized spacial score (nSPS) is 12.6. The standard InChI is InChI=1S/C16H11Br2ClOS/c1-20-14-7-9(17)5-6-11(14)15(19)12-8-21-16-10(12)3-2-4-13(16)18/h2-8,15H,1H3. The molecule has 0 radical (unpaired) electrons. The summed E-state index contributed by atoms with van der Waals surface area (Å²) in [6.45, 7) is 0. The molecule has 0 bridgehead atoms. The molecule has 0 saturated heterocycles. The Bertz CT molecular complexity index is 800. The number of alkyl halides is 1. The highest BCUT2D eigenvalue weighted by Gasteiger charge is 2.20. The van der Waals surface area contributed by atoms with E-state index in [4.69, 9.17) is 16.3 Å². The Morgan fingerprint density at radius 2 is 1.95 bits per heavy atom. The first-order chi connectivity index (χ1) is 10.1. The van der Waals surface area contributed by atoms with Crippen LogP contribution < -0.4 is 4.74 Å². The minimum atomic E-state index is -0.240. The molecule has 1 atom stereocenters. The summed E-state index contributed by atoms with van der Waals surface area (Å²) in [6, 6.07) is 12.1. The van der Waals surface area contributed by atoms with Gasteiger partial charge in [-0.15, -0.1) is 22.9 Å². The van der Waals surface area contributed by atoms with E-state index >= 15 is 0 Å². The lowest BCUT2D eigenvalue weighted by molar-refractivity contribution is 0.410. The number of hydrogen-bond donors (Lipinski definition) is 0. The second-order valence-corrected chi connectivity index (χ2v) is 7.64. The van der Waals surface area contributed by atoms with Crippen molar-refractivity contribution in [3.05, 3.63) is 61.9 Å². The van der Waals surface area contributed by atoms with Crippen molar-refractivity contribution in [2.75, 3.05) is 7.11 Å². The van der Waals surface area contributed by atoms with Gasteiger partial charge >= 0.3 is 0 Å². The predicted octanol–water partition coefficient (Wildman–Crippen LogP) is 6.76. The Balaban J connectivity index is 2.13. The van der Waals surface area contributed by atoms with Crippen LogP contribution in [-0.4, -0.2) is 7.11 Å². The first-order valence-corrected chi connectivity index (χ1v) is 9.15. The van der Waals surface area contributed by atoms with Gasteiger partial charge in [-0.3, -0.25) is 0 Å². The molecule has 1 heterocycles. The molecule has 0 spiro atoms. The Morgan fingerprint density at radius 3 is 2.71 bits per heavy atom. The molecule has 0 N–H and O–H groups in total. The quantitative estimate of drug-likeness (QED) is 0.404. The third-order valence-electron chi connectivity index (χ3n) is 3.32. The molecule has 108 valence electrons. The summed E-state index contributed by atoms with van der Waals surface area (Å²) in [7, 11) is 1.66. The topological polar surface area (TPSA) is 9.23 Å². The Kier molecular flexibility index (Phi) is 4.60. The van der Waals surface area contributed by atoms with Gasteiger partial charge < -0.3 is 4.74 Å². The van der Waals surface area contributed by atoms with E-state index in [0.29, 0.717) is 0 Å². The fraction of sp³-hybridized carbons (Fsp3) is 0.125. The average Bonchev–Trinajstić information content (AvgIpc) is 2.92. The fourth-order valence-electron chi connectivity index (χ4n) is 2.30. The van der Waals surface area contributed by atoms with E-state index in [1.54, 1.807) is 18.4 Å². The molecule has 1 unspecified atom stereocenters. The van der Waals surface area contributed by atoms with Gasteiger partial charge in [0.25, 0.3) is 0 Å². The monoisotopic (exact) mass is 444 g/mol. The van der Waals surface area contributed by atoms with Gasteiger partial charge in [0, 0.05) is 19.2 Å². The molecule has 0 aliphatic heterocycles. The molecule has 0 aliphatic rings. The minimum absolute atomic E-state index is 0.240. The molecule has 0 saturated carbocycles. The summed E-state index contributed by atoms with van der Waals surface area (Å²) in [6.07, 6.45) is 0. The predicted molar refractivity (Wildman–Crippen MR) is 97.9 cm³/mol. The molecule has 1 aromatic heterocycles. The first-order valence-electron chi connectivity index (χ1n) is 6.25. The number of benzene rings is 2. The third-order valence-corrected chi connectivity index (χ3v) is 6.26. The SMILES string of the molecule is COc1cc(Br)ccc1C(Cl)c1csc2c(Br)cccc12. The van der Waals surface area contributed by atoms with Crippen LogP contribution in [0.2, 0.25) is 0 Å². The van der Waals surface area contributed by atoms with Crippen LogP contribution >= 0.6 is 54.8 Å². The molecule has 1 nitrogen and oxygen atoms in total. The van der Waals surface area contributed by atoms with Crippen LogP contribution in [0.15, 0.2) is 50.7 Å². The minimum Gasteiger partial charge on any atom is -0.496 e. The summed E-state index contributed by atoms with van der Waals surface area (Å²) in [4.78, 5) is 0. The smallest absolute Gasteiger partial charge is 0.125 e. The lowest BCUT2D eigenvalue weighted by atomic mass is 10.0. The molecular weight excluding hydrogens is 436 g/mol. The second-order valence-electron chi connectivity index (χ2n) is 4.56. The van der Waals surface area contributed by atoms with E-state index in [1.807, 2.05) is 30.3 Å². The van der Waals surface area contributed by atoms with Crippen molar-refractivity contribution in [2.45, 2.75) is 5.38 Å². The maximum Gasteiger partial charge on any atom is 0.125 e. The number of rotatable bonds is 3. The third kappa shape index (κ3) is 2.87. The van der Waals surface area contributed by atoms with Crippen LogP contribution in [0.5, 0.6) is 5.75 Å². The van der Waals surface area contributed by atoms with Gasteiger partial charge in [-0.25, -0.2) is 0 Å². The molecule has 0 fully saturated rings. The van der Waals surface area contributed by atoms with Crippen LogP contribution in [-0.2, 0) is 0 Å². The summed E-state index contributed by atoms with van der Waals surface area (Å²) in [5.74, 6) is 0.790. The maximum absolute atomic E-state index is 6.74. The van der Waals surface area contributed by atoms with Crippen molar-refractivity contribution >= 4 is 64.9 Å². The van der Waals surface area contributed by atoms with Gasteiger partial charge in [-0.05, 0) is 50.5 Å². The number of hydrogen-bond acceptors (Lipinski definition) is 2. The molecule has 0 aliphatic carbocycles. The Morgan fingerprint density at radius 1 is 1.14 bits per heavy atom. The highest BCUT2D eigenvalue weighted by molar-refractivity contribution is 9.11. The lowest BCUT2D eigenvalue weighted by Gasteiger charge is -2.14. The van der Waals surface area contributed by atoms with Crippen molar-refractivity contribution in [2.24, 2.45) is 0 Å². The summed E-state index contributed by atoms with van der Waals surface area (Å²) in [5.41, 5.74) is 2.08. The summed E-state index contributed by atoms with van der Waals surface area (Å²) < 4.78 is 8.75. The molecule has 2 aromatic carbocycles. The zero-order valence-electron chi connectivity index (χ0n) is 11.1. The van der Waals surface area contributed by atoms with Gasteiger partial charge in [-0.1, -0.05) is 34.1 Å². The lowest BCUT2D eigenvalue weighted by Crippen LogP contribution is -1.97. The van der Waals surface area contributed by atoms with Crippen LogP contribution in [0.25, 0.3) is 10.1 Å². The molecule has 3 aromatic rings. The molecule has 3 rings (SSSR count). The highest BCUT2D eigenvalue weighted by Crippen LogP contribution is 2.42. The molecule has 0 amide bonds. The van der Waals surface area contributed by atoms with Gasteiger partial charge in [0.05, 0.1) is 12.5 Å². The Hall–Kier alpha value is -0.550. The Labute approximate surface area is 149 Å². The second kappa shape index (κ2) is 6.29. The van der Waals surface area contributed by atoms with Crippen LogP contribution in [0, 0.1) is 0 Å². The van der Waals surface area contributed by atoms with Gasteiger partial charge in [-0.2, -0.15) is 0 Å². The van der Waals surface area contributed by atoms with E-state index in [0.717, 1.165) is 25.8 Å². The van der Waals surface area contributed by atoms with Crippen LogP contribution in [0.3, 0.4) is 0 Å². The zero-order valence-corrected chi connectivity index (χ0v) is 15.8. The molecule has 21 heavy (non-hydrogen) atoms. The average molecular weight is 447 g/mol. The number of methoxy groups -OCH3 is 1. The number of ether oxygens (including phenoxy) is 1. The van der Waals surface area contributed by atoms with E-state index in [-0.39, 0.29) is 5.38 Å². The summed E-state index contributed by atoms with van der Waals surface area (Å²) in [5, 5.41) is 3.06. The van der Waals surface area contributed by atoms with Crippen LogP contribution in [0.4, 0.5) is 0 Å². The zero-order chi connectivity index (χ0) is 15.0. The highest BCUT2D eigenvalue weighted by atomic mass is 79.9. The van der Waals surface area contributed by atoms with E-state index in [2.05, 4.69) is 43.3 Å². The largest absolute Gasteiger partial charge is 0.496 e. The van der Waals surface area contributed by atoms with Gasteiger partial charge in [0.15, 0.2) is 0 Å². The number of thiophene rings is 1. The number of halogens is 3. The maximum atomic E-state index is 6.74. The molecular formula is C16H11Br2ClOS. The van der Waals surface area contributed by atoms with E-state index in [9.17, 15) is 0 Å². The van der Waals surface area contributed by atoms with Crippen molar-refractivity contribution in [3.63, 3.8) is 0 Å². The summed E-state index contributed by atoms with van der Waals surface area (Å²) >= 11 is 15.5. The van der Waals surface area contributed by atoms with Gasteiger partial charge in [0.1, 0.15) is 5.75 Å². The fourth-order valence-corrected chi connectivity index (χ4v) is 4.72.